The van der Waals surface area contributed by atoms with Crippen molar-refractivity contribution >= 4 is 23.6 Å². The predicted molar refractivity (Wildman–Crippen MR) is 73.8 cm³/mol. The van der Waals surface area contributed by atoms with E-state index < -0.39 is 35.2 Å². The lowest BCUT2D eigenvalue weighted by Gasteiger charge is -2.15. The lowest BCUT2D eigenvalue weighted by atomic mass is 9.96. The predicted octanol–water partition coefficient (Wildman–Crippen LogP) is 2.93. The van der Waals surface area contributed by atoms with Gasteiger partial charge in [0, 0.05) is 6.08 Å². The molecule has 1 aromatic carbocycles. The monoisotopic (exact) mass is 324 g/mol. The van der Waals surface area contributed by atoms with Crippen LogP contribution < -0.4 is 0 Å². The third-order valence-electron chi connectivity index (χ3n) is 3.09. The molecule has 0 bridgehead atoms. The van der Waals surface area contributed by atoms with Crippen molar-refractivity contribution in [2.45, 2.75) is 13.1 Å². The summed E-state index contributed by atoms with van der Waals surface area (Å²) in [4.78, 5) is 35.1. The Labute approximate surface area is 129 Å². The van der Waals surface area contributed by atoms with E-state index in [0.29, 0.717) is 5.56 Å². The molecule has 0 aliphatic carbocycles. The minimum Gasteiger partial charge on any atom is -0.430 e. The Morgan fingerprint density at radius 3 is 2.30 bits per heavy atom. The number of rotatable bonds is 3. The van der Waals surface area contributed by atoms with Gasteiger partial charge < -0.3 is 4.74 Å². The van der Waals surface area contributed by atoms with Crippen LogP contribution in [0.4, 0.5) is 13.2 Å². The van der Waals surface area contributed by atoms with Gasteiger partial charge in [-0.05, 0) is 30.7 Å². The highest BCUT2D eigenvalue weighted by molar-refractivity contribution is 6.25. The van der Waals surface area contributed by atoms with Crippen LogP contribution in [0.5, 0.6) is 0 Å². The number of benzene rings is 1. The van der Waals surface area contributed by atoms with E-state index in [0.717, 1.165) is 24.3 Å². The van der Waals surface area contributed by atoms with Crippen molar-refractivity contribution in [3.8, 4) is 0 Å². The van der Waals surface area contributed by atoms with E-state index in [4.69, 9.17) is 4.74 Å². The van der Waals surface area contributed by atoms with Gasteiger partial charge in [-0.15, -0.1) is 0 Å². The maximum Gasteiger partial charge on any atom is 0.416 e. The molecule has 1 heterocycles. The Kier molecular flexibility index (Phi) is 4.49. The maximum atomic E-state index is 12.4. The molecular weight excluding hydrogens is 313 g/mol. The molecule has 0 aromatic heterocycles. The lowest BCUT2D eigenvalue weighted by Crippen LogP contribution is -2.34. The van der Waals surface area contributed by atoms with Crippen molar-refractivity contribution in [1.82, 2.24) is 0 Å². The number of halogens is 3. The number of ketones is 2. The standard InChI is InChI=1S/C16H11F3O4/c1-9-8-13(21)14(15(22)23-9)12(20)7-4-10-2-5-11(6-3-10)16(17,18)19/h2-8,14H,1H3. The van der Waals surface area contributed by atoms with Crippen LogP contribution in [0.3, 0.4) is 0 Å². The number of cyclic esters (lactones) is 1. The van der Waals surface area contributed by atoms with Crippen molar-refractivity contribution < 1.29 is 32.3 Å². The number of hydrogen-bond acceptors (Lipinski definition) is 4. The second-order valence-electron chi connectivity index (χ2n) is 4.87. The first-order chi connectivity index (χ1) is 10.7. The van der Waals surface area contributed by atoms with Crippen molar-refractivity contribution in [2.75, 3.05) is 0 Å². The summed E-state index contributed by atoms with van der Waals surface area (Å²) in [5, 5.41) is 0. The average molecular weight is 324 g/mol. The molecule has 1 aromatic rings. The molecule has 1 aliphatic heterocycles. The molecule has 1 aliphatic rings. The minimum absolute atomic E-state index is 0.107. The lowest BCUT2D eigenvalue weighted by molar-refractivity contribution is -0.151. The van der Waals surface area contributed by atoms with E-state index in [2.05, 4.69) is 0 Å². The molecule has 0 spiro atoms. The van der Waals surface area contributed by atoms with E-state index in [9.17, 15) is 27.6 Å². The summed E-state index contributed by atoms with van der Waals surface area (Å²) >= 11 is 0. The van der Waals surface area contributed by atoms with Gasteiger partial charge in [0.1, 0.15) is 5.76 Å². The first-order valence-corrected chi connectivity index (χ1v) is 6.51. The Bertz CT molecular complexity index is 712. The highest BCUT2D eigenvalue weighted by Gasteiger charge is 2.36. The van der Waals surface area contributed by atoms with Gasteiger partial charge in [0.15, 0.2) is 17.5 Å². The van der Waals surface area contributed by atoms with Crippen LogP contribution in [0.2, 0.25) is 0 Å². The van der Waals surface area contributed by atoms with E-state index in [1.165, 1.54) is 25.1 Å². The molecule has 120 valence electrons. The van der Waals surface area contributed by atoms with E-state index in [-0.39, 0.29) is 5.76 Å². The number of alkyl halides is 3. The quantitative estimate of drug-likeness (QED) is 0.487. The number of carbonyl (C=O) groups excluding carboxylic acids is 3. The van der Waals surface area contributed by atoms with Crippen LogP contribution >= 0.6 is 0 Å². The number of allylic oxidation sites excluding steroid dienone is 3. The number of carbonyl (C=O) groups is 3. The fourth-order valence-corrected chi connectivity index (χ4v) is 1.96. The highest BCUT2D eigenvalue weighted by atomic mass is 19.4. The van der Waals surface area contributed by atoms with Crippen LogP contribution in [0.1, 0.15) is 18.1 Å². The second kappa shape index (κ2) is 6.20. The van der Waals surface area contributed by atoms with Gasteiger partial charge in [-0.25, -0.2) is 0 Å². The van der Waals surface area contributed by atoms with E-state index in [1.54, 1.807) is 0 Å². The fourth-order valence-electron chi connectivity index (χ4n) is 1.96. The molecule has 0 radical (unpaired) electrons. The van der Waals surface area contributed by atoms with Gasteiger partial charge in [0.25, 0.3) is 0 Å². The van der Waals surface area contributed by atoms with Crippen molar-refractivity contribution in [3.05, 3.63) is 53.3 Å². The minimum atomic E-state index is -4.44. The largest absolute Gasteiger partial charge is 0.430 e. The van der Waals surface area contributed by atoms with Crippen LogP contribution in [-0.4, -0.2) is 17.5 Å². The number of ether oxygens (including phenoxy) is 1. The van der Waals surface area contributed by atoms with Gasteiger partial charge in [-0.3, -0.25) is 14.4 Å². The zero-order valence-electron chi connectivity index (χ0n) is 11.9. The van der Waals surface area contributed by atoms with Crippen LogP contribution in [0.25, 0.3) is 6.08 Å². The molecule has 0 fully saturated rings. The third kappa shape index (κ3) is 3.94. The normalized spacial score (nSPS) is 18.8. The smallest absolute Gasteiger partial charge is 0.416 e. The zero-order valence-corrected chi connectivity index (χ0v) is 11.9. The van der Waals surface area contributed by atoms with Gasteiger partial charge in [0.2, 0.25) is 0 Å². The SMILES string of the molecule is CC1=CC(=O)C(C(=O)C=Cc2ccc(C(F)(F)F)cc2)C(=O)O1. The summed E-state index contributed by atoms with van der Waals surface area (Å²) in [5.41, 5.74) is -0.484. The molecule has 0 saturated carbocycles. The topological polar surface area (TPSA) is 60.4 Å². The van der Waals surface area contributed by atoms with Gasteiger partial charge in [-0.1, -0.05) is 18.2 Å². The summed E-state index contributed by atoms with van der Waals surface area (Å²) in [6, 6.07) is 4.10. The molecular formula is C16H11F3O4. The van der Waals surface area contributed by atoms with Crippen LogP contribution in [0.15, 0.2) is 42.2 Å². The number of esters is 1. The number of hydrogen-bond donors (Lipinski definition) is 0. The average Bonchev–Trinajstić information content (AvgIpc) is 2.43. The van der Waals surface area contributed by atoms with Crippen LogP contribution in [0, 0.1) is 5.92 Å². The van der Waals surface area contributed by atoms with E-state index >= 15 is 0 Å². The molecule has 7 heteroatoms. The molecule has 0 N–H and O–H groups in total. The molecule has 1 unspecified atom stereocenters. The third-order valence-corrected chi connectivity index (χ3v) is 3.09. The summed E-state index contributed by atoms with van der Waals surface area (Å²) in [7, 11) is 0. The van der Waals surface area contributed by atoms with Gasteiger partial charge >= 0.3 is 12.1 Å². The van der Waals surface area contributed by atoms with Crippen LogP contribution in [-0.2, 0) is 25.3 Å². The Morgan fingerprint density at radius 1 is 1.17 bits per heavy atom. The Balaban J connectivity index is 2.12. The summed E-state index contributed by atoms with van der Waals surface area (Å²) in [6.45, 7) is 1.41. The van der Waals surface area contributed by atoms with E-state index in [1.807, 2.05) is 0 Å². The van der Waals surface area contributed by atoms with Crippen molar-refractivity contribution in [1.29, 1.82) is 0 Å². The van der Waals surface area contributed by atoms with Gasteiger partial charge in [-0.2, -0.15) is 13.2 Å². The highest BCUT2D eigenvalue weighted by Crippen LogP contribution is 2.29. The summed E-state index contributed by atoms with van der Waals surface area (Å²) < 4.78 is 42.0. The second-order valence-corrected chi connectivity index (χ2v) is 4.87. The Morgan fingerprint density at radius 2 is 1.78 bits per heavy atom. The molecule has 0 amide bonds. The maximum absolute atomic E-state index is 12.4. The summed E-state index contributed by atoms with van der Waals surface area (Å²) in [5.74, 6) is -3.89. The first kappa shape index (κ1) is 16.7. The zero-order chi connectivity index (χ0) is 17.2. The van der Waals surface area contributed by atoms with Crippen molar-refractivity contribution in [2.24, 2.45) is 5.92 Å². The summed E-state index contributed by atoms with van der Waals surface area (Å²) in [6.07, 6.45) is -1.19. The Hall–Kier alpha value is -2.70. The molecule has 4 nitrogen and oxygen atoms in total. The molecule has 1 atom stereocenters. The molecule has 0 saturated heterocycles. The molecule has 2 rings (SSSR count). The first-order valence-electron chi connectivity index (χ1n) is 6.51. The molecule has 23 heavy (non-hydrogen) atoms. The van der Waals surface area contributed by atoms with Crippen molar-refractivity contribution in [3.63, 3.8) is 0 Å². The van der Waals surface area contributed by atoms with Gasteiger partial charge in [0.05, 0.1) is 5.56 Å². The fraction of sp³-hybridized carbons (Fsp3) is 0.188.